The second-order valence-electron chi connectivity index (χ2n) is 4.96. The predicted molar refractivity (Wildman–Crippen MR) is 89.0 cm³/mol. The van der Waals surface area contributed by atoms with E-state index in [1.54, 1.807) is 7.11 Å². The third-order valence-corrected chi connectivity index (χ3v) is 4.49. The largest absolute Gasteiger partial charge is 0.493 e. The zero-order chi connectivity index (χ0) is 14.4. The van der Waals surface area contributed by atoms with Gasteiger partial charge in [0.25, 0.3) is 0 Å². The fourth-order valence-corrected chi connectivity index (χ4v) is 2.95. The van der Waals surface area contributed by atoms with E-state index in [2.05, 4.69) is 39.6 Å². The summed E-state index contributed by atoms with van der Waals surface area (Å²) in [4.78, 5) is 0. The average Bonchev–Trinajstić information content (AvgIpc) is 3.26. The van der Waals surface area contributed by atoms with E-state index >= 15 is 0 Å². The Hall–Kier alpha value is -0.390. The monoisotopic (exact) mass is 359 g/mol. The Labute approximate surface area is 133 Å². The first kappa shape index (κ1) is 16.0. The smallest absolute Gasteiger partial charge is 0.175 e. The van der Waals surface area contributed by atoms with Crippen molar-refractivity contribution in [2.75, 3.05) is 25.7 Å². The Bertz CT molecular complexity index is 438. The van der Waals surface area contributed by atoms with E-state index in [4.69, 9.17) is 9.47 Å². The molecule has 0 heterocycles. The highest BCUT2D eigenvalue weighted by Crippen LogP contribution is 2.37. The second kappa shape index (κ2) is 8.15. The molecule has 0 atom stereocenters. The van der Waals surface area contributed by atoms with Gasteiger partial charge in [-0.05, 0) is 64.9 Å². The van der Waals surface area contributed by atoms with E-state index < -0.39 is 0 Å². The van der Waals surface area contributed by atoms with E-state index in [9.17, 15) is 0 Å². The van der Waals surface area contributed by atoms with Crippen LogP contribution in [0.15, 0.2) is 16.6 Å². The lowest BCUT2D eigenvalue weighted by atomic mass is 10.2. The minimum Gasteiger partial charge on any atom is -0.493 e. The molecule has 1 saturated carbocycles. The molecule has 0 aromatic heterocycles. The number of hydrogen-bond acceptors (Lipinski definition) is 4. The van der Waals surface area contributed by atoms with Gasteiger partial charge >= 0.3 is 0 Å². The summed E-state index contributed by atoms with van der Waals surface area (Å²) in [6.07, 6.45) is 5.75. The van der Waals surface area contributed by atoms with Gasteiger partial charge in [0.1, 0.15) is 0 Å². The van der Waals surface area contributed by atoms with Crippen molar-refractivity contribution in [3.05, 3.63) is 22.2 Å². The second-order valence-corrected chi connectivity index (χ2v) is 6.80. The maximum atomic E-state index is 5.85. The van der Waals surface area contributed by atoms with Crippen LogP contribution in [-0.4, -0.2) is 31.8 Å². The highest BCUT2D eigenvalue weighted by atomic mass is 79.9. The van der Waals surface area contributed by atoms with Gasteiger partial charge in [0.05, 0.1) is 18.2 Å². The molecule has 2 rings (SSSR count). The Morgan fingerprint density at radius 2 is 2.20 bits per heavy atom. The van der Waals surface area contributed by atoms with Crippen molar-refractivity contribution in [2.45, 2.75) is 31.8 Å². The van der Waals surface area contributed by atoms with Crippen LogP contribution in [0, 0.1) is 0 Å². The maximum absolute atomic E-state index is 5.85. The Kier molecular flexibility index (Phi) is 6.52. The summed E-state index contributed by atoms with van der Waals surface area (Å²) in [5.41, 5.74) is 1.22. The maximum Gasteiger partial charge on any atom is 0.175 e. The highest BCUT2D eigenvalue weighted by Gasteiger charge is 2.20. The minimum absolute atomic E-state index is 0.710. The molecule has 1 aliphatic rings. The van der Waals surface area contributed by atoms with Crippen molar-refractivity contribution in [1.29, 1.82) is 0 Å². The van der Waals surface area contributed by atoms with Gasteiger partial charge in [-0.1, -0.05) is 0 Å². The van der Waals surface area contributed by atoms with Crippen molar-refractivity contribution in [2.24, 2.45) is 0 Å². The van der Waals surface area contributed by atoms with Crippen LogP contribution in [0.5, 0.6) is 11.5 Å². The molecule has 0 unspecified atom stereocenters. The van der Waals surface area contributed by atoms with Gasteiger partial charge in [-0.25, -0.2) is 0 Å². The van der Waals surface area contributed by atoms with Crippen molar-refractivity contribution < 1.29 is 9.47 Å². The first-order chi connectivity index (χ1) is 9.74. The number of halogens is 1. The molecule has 3 nitrogen and oxygen atoms in total. The average molecular weight is 360 g/mol. The molecular weight excluding hydrogens is 338 g/mol. The minimum atomic E-state index is 0.710. The normalized spacial score (nSPS) is 14.3. The van der Waals surface area contributed by atoms with Crippen molar-refractivity contribution in [3.8, 4) is 11.5 Å². The van der Waals surface area contributed by atoms with Gasteiger partial charge in [-0.15, -0.1) is 0 Å². The zero-order valence-corrected chi connectivity index (χ0v) is 14.5. The van der Waals surface area contributed by atoms with Crippen LogP contribution < -0.4 is 14.8 Å². The van der Waals surface area contributed by atoms with Crippen LogP contribution in [0.2, 0.25) is 0 Å². The SMILES string of the molecule is COc1cc(CNC2CC2)cc(Br)c1OCCCSC. The summed E-state index contributed by atoms with van der Waals surface area (Å²) >= 11 is 5.43. The third-order valence-electron chi connectivity index (χ3n) is 3.20. The summed E-state index contributed by atoms with van der Waals surface area (Å²) in [6, 6.07) is 4.88. The summed E-state index contributed by atoms with van der Waals surface area (Å²) in [7, 11) is 1.69. The van der Waals surface area contributed by atoms with E-state index in [-0.39, 0.29) is 0 Å². The molecule has 1 aromatic carbocycles. The summed E-state index contributed by atoms with van der Waals surface area (Å²) in [5, 5.41) is 3.51. The Morgan fingerprint density at radius 1 is 1.40 bits per heavy atom. The van der Waals surface area contributed by atoms with Crippen LogP contribution >= 0.6 is 27.7 Å². The number of methoxy groups -OCH3 is 1. The molecule has 0 radical (unpaired) electrons. The quantitative estimate of drug-likeness (QED) is 0.678. The third kappa shape index (κ3) is 4.86. The molecule has 1 N–H and O–H groups in total. The molecule has 0 spiro atoms. The Morgan fingerprint density at radius 3 is 2.85 bits per heavy atom. The molecule has 5 heteroatoms. The number of thioether (sulfide) groups is 1. The van der Waals surface area contributed by atoms with E-state index in [0.29, 0.717) is 6.04 Å². The fourth-order valence-electron chi connectivity index (χ4n) is 1.94. The predicted octanol–water partition coefficient (Wildman–Crippen LogP) is 3.84. The van der Waals surface area contributed by atoms with Crippen molar-refractivity contribution in [3.63, 3.8) is 0 Å². The van der Waals surface area contributed by atoms with Crippen LogP contribution in [0.1, 0.15) is 24.8 Å². The molecule has 0 bridgehead atoms. The number of rotatable bonds is 9. The zero-order valence-electron chi connectivity index (χ0n) is 12.1. The first-order valence-electron chi connectivity index (χ1n) is 6.96. The molecule has 0 saturated heterocycles. The fraction of sp³-hybridized carbons (Fsp3) is 0.600. The first-order valence-corrected chi connectivity index (χ1v) is 9.14. The van der Waals surface area contributed by atoms with E-state index in [1.165, 1.54) is 18.4 Å². The molecule has 1 aromatic rings. The molecule has 0 aliphatic heterocycles. The lowest BCUT2D eigenvalue weighted by Gasteiger charge is -2.14. The molecule has 0 amide bonds. The lowest BCUT2D eigenvalue weighted by molar-refractivity contribution is 0.293. The van der Waals surface area contributed by atoms with Crippen LogP contribution in [-0.2, 0) is 6.54 Å². The lowest BCUT2D eigenvalue weighted by Crippen LogP contribution is -2.15. The molecule has 20 heavy (non-hydrogen) atoms. The van der Waals surface area contributed by atoms with Gasteiger partial charge in [0, 0.05) is 12.6 Å². The summed E-state index contributed by atoms with van der Waals surface area (Å²) in [6.45, 7) is 1.60. The standard InChI is InChI=1S/C15H22BrNO2S/c1-18-14-9-11(10-17-12-4-5-12)8-13(16)15(14)19-6-3-7-20-2/h8-9,12,17H,3-7,10H2,1-2H3. The molecule has 1 fully saturated rings. The van der Waals surface area contributed by atoms with Gasteiger partial charge in [0.2, 0.25) is 0 Å². The van der Waals surface area contributed by atoms with Crippen LogP contribution in [0.25, 0.3) is 0 Å². The Balaban J connectivity index is 1.98. The van der Waals surface area contributed by atoms with E-state index in [0.717, 1.165) is 41.3 Å². The van der Waals surface area contributed by atoms with Gasteiger partial charge < -0.3 is 14.8 Å². The van der Waals surface area contributed by atoms with Gasteiger partial charge in [-0.2, -0.15) is 11.8 Å². The van der Waals surface area contributed by atoms with Gasteiger partial charge in [-0.3, -0.25) is 0 Å². The van der Waals surface area contributed by atoms with Crippen molar-refractivity contribution >= 4 is 27.7 Å². The summed E-state index contributed by atoms with van der Waals surface area (Å²) in [5.74, 6) is 2.73. The molecule has 1 aliphatic carbocycles. The van der Waals surface area contributed by atoms with Crippen molar-refractivity contribution in [1.82, 2.24) is 5.32 Å². The molecular formula is C15H22BrNO2S. The van der Waals surface area contributed by atoms with Crippen LogP contribution in [0.4, 0.5) is 0 Å². The van der Waals surface area contributed by atoms with Gasteiger partial charge in [0.15, 0.2) is 11.5 Å². The van der Waals surface area contributed by atoms with E-state index in [1.807, 2.05) is 11.8 Å². The number of benzene rings is 1. The van der Waals surface area contributed by atoms with Crippen LogP contribution in [0.3, 0.4) is 0 Å². The topological polar surface area (TPSA) is 30.5 Å². The number of ether oxygens (including phenoxy) is 2. The summed E-state index contributed by atoms with van der Waals surface area (Å²) < 4.78 is 12.3. The highest BCUT2D eigenvalue weighted by molar-refractivity contribution is 9.10. The number of hydrogen-bond donors (Lipinski definition) is 1. The number of nitrogens with one attached hydrogen (secondary N) is 1. The molecule has 112 valence electrons.